The average Bonchev–Trinajstić information content (AvgIpc) is 3.20. The van der Waals surface area contributed by atoms with E-state index >= 15 is 0 Å². The van der Waals surface area contributed by atoms with E-state index in [0.29, 0.717) is 24.8 Å². The maximum Gasteiger partial charge on any atom is 0.261 e. The van der Waals surface area contributed by atoms with Crippen molar-refractivity contribution in [3.05, 3.63) is 89.4 Å². The lowest BCUT2D eigenvalue weighted by molar-refractivity contribution is -0.134. The maximum absolute atomic E-state index is 12.8. The number of aryl methyl sites for hydroxylation is 1. The summed E-state index contributed by atoms with van der Waals surface area (Å²) in [6.45, 7) is 7.27. The fraction of sp³-hybridized carbons (Fsp3) is 0.292. The van der Waals surface area contributed by atoms with Crippen molar-refractivity contribution in [1.82, 2.24) is 4.90 Å². The topological polar surface area (TPSA) is 42.7 Å². The van der Waals surface area contributed by atoms with Crippen molar-refractivity contribution in [3.63, 3.8) is 0 Å². The van der Waals surface area contributed by atoms with Crippen LogP contribution in [-0.2, 0) is 17.9 Å². The minimum Gasteiger partial charge on any atom is -0.484 e. The molecule has 0 aliphatic carbocycles. The Bertz CT molecular complexity index is 865. The summed E-state index contributed by atoms with van der Waals surface area (Å²) in [5.41, 5.74) is 3.53. The minimum absolute atomic E-state index is 0.00610. The van der Waals surface area contributed by atoms with Gasteiger partial charge in [-0.15, -0.1) is 0 Å². The second-order valence-corrected chi connectivity index (χ2v) is 7.33. The van der Waals surface area contributed by atoms with Crippen LogP contribution in [0.5, 0.6) is 5.75 Å². The van der Waals surface area contributed by atoms with Crippen molar-refractivity contribution in [3.8, 4) is 5.75 Å². The number of carbonyl (C=O) groups is 1. The summed E-state index contributed by atoms with van der Waals surface area (Å²) in [4.78, 5) is 14.6. The van der Waals surface area contributed by atoms with Crippen LogP contribution in [0.3, 0.4) is 0 Å². The number of furan rings is 1. The average molecular weight is 377 g/mol. The summed E-state index contributed by atoms with van der Waals surface area (Å²) in [7, 11) is 0. The smallest absolute Gasteiger partial charge is 0.261 e. The van der Waals surface area contributed by atoms with Gasteiger partial charge in [0, 0.05) is 6.54 Å². The van der Waals surface area contributed by atoms with Crippen molar-refractivity contribution in [2.75, 3.05) is 6.61 Å². The van der Waals surface area contributed by atoms with Crippen LogP contribution in [0.4, 0.5) is 0 Å². The van der Waals surface area contributed by atoms with Gasteiger partial charge in [0.1, 0.15) is 11.5 Å². The Labute approximate surface area is 166 Å². The molecule has 0 aliphatic heterocycles. The van der Waals surface area contributed by atoms with Gasteiger partial charge in [0.25, 0.3) is 5.91 Å². The lowest BCUT2D eigenvalue weighted by Gasteiger charge is -2.22. The molecule has 28 heavy (non-hydrogen) atoms. The van der Waals surface area contributed by atoms with Crippen LogP contribution < -0.4 is 4.74 Å². The molecule has 0 bridgehead atoms. The molecule has 3 aromatic rings. The van der Waals surface area contributed by atoms with E-state index < -0.39 is 0 Å². The minimum atomic E-state index is -0.0788. The summed E-state index contributed by atoms with van der Waals surface area (Å²) >= 11 is 0. The van der Waals surface area contributed by atoms with Gasteiger partial charge in [-0.1, -0.05) is 55.8 Å². The van der Waals surface area contributed by atoms with Crippen LogP contribution in [0, 0.1) is 6.92 Å². The molecule has 0 saturated heterocycles. The van der Waals surface area contributed by atoms with Gasteiger partial charge >= 0.3 is 0 Å². The molecule has 1 amide bonds. The molecule has 1 heterocycles. The van der Waals surface area contributed by atoms with Gasteiger partial charge in [-0.25, -0.2) is 0 Å². The molecule has 0 atom stereocenters. The van der Waals surface area contributed by atoms with E-state index in [-0.39, 0.29) is 12.5 Å². The van der Waals surface area contributed by atoms with Gasteiger partial charge in [-0.05, 0) is 48.2 Å². The first-order chi connectivity index (χ1) is 13.5. The predicted octanol–water partition coefficient (Wildman–Crippen LogP) is 5.32. The summed E-state index contributed by atoms with van der Waals surface area (Å²) in [6.07, 6.45) is 1.62. The highest BCUT2D eigenvalue weighted by Crippen LogP contribution is 2.17. The van der Waals surface area contributed by atoms with Gasteiger partial charge in [-0.2, -0.15) is 0 Å². The second kappa shape index (κ2) is 9.27. The Balaban J connectivity index is 1.68. The van der Waals surface area contributed by atoms with E-state index in [1.165, 1.54) is 5.56 Å². The molecule has 0 aliphatic rings. The number of nitrogens with zero attached hydrogens (tertiary/aromatic N) is 1. The van der Waals surface area contributed by atoms with Crippen molar-refractivity contribution < 1.29 is 13.9 Å². The monoisotopic (exact) mass is 377 g/mol. The highest BCUT2D eigenvalue weighted by atomic mass is 16.5. The molecular formula is C24H27NO3. The van der Waals surface area contributed by atoms with Crippen LogP contribution in [-0.4, -0.2) is 17.4 Å². The number of carbonyl (C=O) groups excluding carboxylic acids is 1. The number of amides is 1. The first-order valence-electron chi connectivity index (χ1n) is 9.59. The molecule has 0 spiro atoms. The summed E-state index contributed by atoms with van der Waals surface area (Å²) in [5.74, 6) is 1.85. The lowest BCUT2D eigenvalue weighted by Crippen LogP contribution is -2.34. The highest BCUT2D eigenvalue weighted by Gasteiger charge is 2.17. The third kappa shape index (κ3) is 5.49. The molecule has 0 unspecified atom stereocenters. The Morgan fingerprint density at radius 1 is 1.00 bits per heavy atom. The first kappa shape index (κ1) is 19.7. The zero-order chi connectivity index (χ0) is 19.9. The molecule has 0 saturated carbocycles. The molecule has 0 fully saturated rings. The standard InChI is InChI=1S/C24H27NO3/c1-18(2)21-10-8-20(9-11-21)15-25(16-23-5-4-14-27-23)24(26)17-28-22-12-6-19(3)7-13-22/h4-14,18H,15-17H2,1-3H3. The highest BCUT2D eigenvalue weighted by molar-refractivity contribution is 5.77. The normalized spacial score (nSPS) is 10.9. The third-order valence-corrected chi connectivity index (χ3v) is 4.68. The number of hydrogen-bond donors (Lipinski definition) is 0. The number of benzene rings is 2. The lowest BCUT2D eigenvalue weighted by atomic mass is 10.0. The molecule has 4 heteroatoms. The van der Waals surface area contributed by atoms with Gasteiger partial charge in [0.15, 0.2) is 6.61 Å². The van der Waals surface area contributed by atoms with E-state index in [2.05, 4.69) is 38.1 Å². The number of hydrogen-bond acceptors (Lipinski definition) is 3. The molecular weight excluding hydrogens is 350 g/mol. The summed E-state index contributed by atoms with van der Waals surface area (Å²) in [6, 6.07) is 19.8. The van der Waals surface area contributed by atoms with E-state index in [1.54, 1.807) is 11.2 Å². The van der Waals surface area contributed by atoms with Crippen molar-refractivity contribution in [2.45, 2.75) is 39.8 Å². The molecule has 4 nitrogen and oxygen atoms in total. The predicted molar refractivity (Wildman–Crippen MR) is 110 cm³/mol. The van der Waals surface area contributed by atoms with Crippen molar-refractivity contribution >= 4 is 5.91 Å². The quantitative estimate of drug-likeness (QED) is 0.534. The van der Waals surface area contributed by atoms with E-state index in [0.717, 1.165) is 16.9 Å². The summed E-state index contributed by atoms with van der Waals surface area (Å²) in [5, 5.41) is 0. The molecule has 1 aromatic heterocycles. The van der Waals surface area contributed by atoms with Crippen LogP contribution in [0.2, 0.25) is 0 Å². The van der Waals surface area contributed by atoms with Gasteiger partial charge < -0.3 is 14.1 Å². The largest absolute Gasteiger partial charge is 0.484 e. The van der Waals surface area contributed by atoms with E-state index in [9.17, 15) is 4.79 Å². The van der Waals surface area contributed by atoms with Crippen molar-refractivity contribution in [1.29, 1.82) is 0 Å². The fourth-order valence-corrected chi connectivity index (χ4v) is 2.92. The van der Waals surface area contributed by atoms with Crippen LogP contribution >= 0.6 is 0 Å². The van der Waals surface area contributed by atoms with Crippen LogP contribution in [0.15, 0.2) is 71.3 Å². The molecule has 146 valence electrons. The summed E-state index contributed by atoms with van der Waals surface area (Å²) < 4.78 is 11.1. The van der Waals surface area contributed by atoms with E-state index in [4.69, 9.17) is 9.15 Å². The Kier molecular flexibility index (Phi) is 6.53. The Morgan fingerprint density at radius 2 is 1.71 bits per heavy atom. The van der Waals surface area contributed by atoms with E-state index in [1.807, 2.05) is 43.3 Å². The fourth-order valence-electron chi connectivity index (χ4n) is 2.92. The molecule has 0 N–H and O–H groups in total. The number of rotatable bonds is 8. The van der Waals surface area contributed by atoms with Crippen LogP contribution in [0.25, 0.3) is 0 Å². The first-order valence-corrected chi connectivity index (χ1v) is 9.59. The van der Waals surface area contributed by atoms with Crippen molar-refractivity contribution in [2.24, 2.45) is 0 Å². The zero-order valence-corrected chi connectivity index (χ0v) is 16.7. The maximum atomic E-state index is 12.8. The Hall–Kier alpha value is -3.01. The second-order valence-electron chi connectivity index (χ2n) is 7.33. The van der Waals surface area contributed by atoms with Gasteiger partial charge in [0.05, 0.1) is 12.8 Å². The van der Waals surface area contributed by atoms with Crippen LogP contribution in [0.1, 0.15) is 42.2 Å². The number of ether oxygens (including phenoxy) is 1. The zero-order valence-electron chi connectivity index (χ0n) is 16.7. The van der Waals surface area contributed by atoms with Gasteiger partial charge in [0.2, 0.25) is 0 Å². The van der Waals surface area contributed by atoms with Gasteiger partial charge in [-0.3, -0.25) is 4.79 Å². The Morgan fingerprint density at radius 3 is 2.32 bits per heavy atom. The third-order valence-electron chi connectivity index (χ3n) is 4.68. The SMILES string of the molecule is Cc1ccc(OCC(=O)N(Cc2ccc(C(C)C)cc2)Cc2ccco2)cc1. The molecule has 3 rings (SSSR count). The molecule has 0 radical (unpaired) electrons. The molecule has 2 aromatic carbocycles.